The minimum absolute atomic E-state index is 0.0273. The molecule has 0 aliphatic carbocycles. The van der Waals surface area contributed by atoms with Crippen molar-refractivity contribution in [1.82, 2.24) is 5.32 Å². The van der Waals surface area contributed by atoms with Crippen molar-refractivity contribution < 1.29 is 17.9 Å². The quantitative estimate of drug-likeness (QED) is 0.742. The van der Waals surface area contributed by atoms with E-state index in [0.29, 0.717) is 11.0 Å². The number of halogens is 1. The number of carbonyl (C=O) groups is 1. The zero-order valence-corrected chi connectivity index (χ0v) is 12.3. The number of primary sulfonamides is 1. The number of sulfonamides is 1. The summed E-state index contributed by atoms with van der Waals surface area (Å²) in [5.41, 5.74) is 0. The Balaban J connectivity index is 2.84. The topological polar surface area (TPSA) is 98.5 Å². The SMILES string of the molecule is C=CCNC(=O)COc1ccc(Br)cc1S(N)(=O)=O. The van der Waals surface area contributed by atoms with Gasteiger partial charge in [-0.1, -0.05) is 22.0 Å². The summed E-state index contributed by atoms with van der Waals surface area (Å²) in [6.45, 7) is 3.45. The van der Waals surface area contributed by atoms with Crippen LogP contribution in [0.25, 0.3) is 0 Å². The molecule has 3 N–H and O–H groups in total. The summed E-state index contributed by atoms with van der Waals surface area (Å²) in [7, 11) is -3.92. The van der Waals surface area contributed by atoms with Crippen LogP contribution in [-0.2, 0) is 14.8 Å². The zero-order chi connectivity index (χ0) is 14.5. The van der Waals surface area contributed by atoms with Crippen LogP contribution in [0.5, 0.6) is 5.75 Å². The number of hydrogen-bond acceptors (Lipinski definition) is 4. The second-order valence-electron chi connectivity index (χ2n) is 3.52. The van der Waals surface area contributed by atoms with E-state index in [4.69, 9.17) is 9.88 Å². The average molecular weight is 349 g/mol. The Morgan fingerprint density at radius 2 is 2.21 bits per heavy atom. The van der Waals surface area contributed by atoms with Gasteiger partial charge in [0.1, 0.15) is 10.6 Å². The minimum Gasteiger partial charge on any atom is -0.482 e. The van der Waals surface area contributed by atoms with Crippen molar-refractivity contribution >= 4 is 31.9 Å². The van der Waals surface area contributed by atoms with E-state index < -0.39 is 10.0 Å². The largest absolute Gasteiger partial charge is 0.482 e. The fraction of sp³-hybridized carbons (Fsp3) is 0.182. The van der Waals surface area contributed by atoms with E-state index in [-0.39, 0.29) is 23.2 Å². The van der Waals surface area contributed by atoms with Gasteiger partial charge >= 0.3 is 0 Å². The fourth-order valence-electron chi connectivity index (χ4n) is 1.20. The number of rotatable bonds is 6. The van der Waals surface area contributed by atoms with Crippen LogP contribution in [0, 0.1) is 0 Å². The average Bonchev–Trinajstić information content (AvgIpc) is 2.33. The molecule has 6 nitrogen and oxygen atoms in total. The van der Waals surface area contributed by atoms with E-state index in [1.54, 1.807) is 6.07 Å². The Morgan fingerprint density at radius 3 is 2.79 bits per heavy atom. The summed E-state index contributed by atoms with van der Waals surface area (Å²) in [5.74, 6) is -0.359. The molecule has 0 aromatic heterocycles. The highest BCUT2D eigenvalue weighted by atomic mass is 79.9. The summed E-state index contributed by atoms with van der Waals surface area (Å²) in [5, 5.41) is 7.57. The Bertz CT molecular complexity index is 586. The number of benzene rings is 1. The molecule has 1 aromatic carbocycles. The summed E-state index contributed by atoms with van der Waals surface area (Å²) >= 11 is 3.14. The van der Waals surface area contributed by atoms with Crippen molar-refractivity contribution in [3.63, 3.8) is 0 Å². The molecular weight excluding hydrogens is 336 g/mol. The van der Waals surface area contributed by atoms with E-state index in [2.05, 4.69) is 27.8 Å². The number of amides is 1. The number of ether oxygens (including phenoxy) is 1. The molecule has 0 radical (unpaired) electrons. The number of nitrogens with one attached hydrogen (secondary N) is 1. The third-order valence-electron chi connectivity index (χ3n) is 2.01. The van der Waals surface area contributed by atoms with Crippen molar-refractivity contribution in [3.8, 4) is 5.75 Å². The first-order valence-electron chi connectivity index (χ1n) is 5.17. The molecular formula is C11H13BrN2O4S. The maximum atomic E-state index is 11.4. The Hall–Kier alpha value is -1.38. The van der Waals surface area contributed by atoms with Gasteiger partial charge in [-0.25, -0.2) is 13.6 Å². The third-order valence-corrected chi connectivity index (χ3v) is 3.44. The Kier molecular flexibility index (Phi) is 5.52. The molecule has 0 fully saturated rings. The number of carbonyl (C=O) groups excluding carboxylic acids is 1. The number of hydrogen-bond donors (Lipinski definition) is 2. The van der Waals surface area contributed by atoms with E-state index in [1.807, 2.05) is 0 Å². The lowest BCUT2D eigenvalue weighted by Gasteiger charge is -2.10. The normalized spacial score (nSPS) is 10.8. The summed E-state index contributed by atoms with van der Waals surface area (Å²) < 4.78 is 28.5. The van der Waals surface area contributed by atoms with Crippen LogP contribution in [0.4, 0.5) is 0 Å². The smallest absolute Gasteiger partial charge is 0.258 e. The molecule has 0 aliphatic heterocycles. The van der Waals surface area contributed by atoms with E-state index in [1.165, 1.54) is 18.2 Å². The highest BCUT2D eigenvalue weighted by Crippen LogP contribution is 2.26. The summed E-state index contributed by atoms with van der Waals surface area (Å²) in [4.78, 5) is 11.1. The van der Waals surface area contributed by atoms with Crippen LogP contribution in [0.1, 0.15) is 0 Å². The minimum atomic E-state index is -3.92. The summed E-state index contributed by atoms with van der Waals surface area (Å²) in [6.07, 6.45) is 1.52. The second kappa shape index (κ2) is 6.69. The highest BCUT2D eigenvalue weighted by molar-refractivity contribution is 9.10. The maximum absolute atomic E-state index is 11.4. The molecule has 0 spiro atoms. The van der Waals surface area contributed by atoms with Gasteiger partial charge in [0.25, 0.3) is 5.91 Å². The molecule has 8 heteroatoms. The van der Waals surface area contributed by atoms with Crippen molar-refractivity contribution in [2.45, 2.75) is 4.90 Å². The van der Waals surface area contributed by atoms with Crippen LogP contribution in [0.3, 0.4) is 0 Å². The van der Waals surface area contributed by atoms with Gasteiger partial charge in [0.2, 0.25) is 10.0 Å². The number of nitrogens with two attached hydrogens (primary N) is 1. The van der Waals surface area contributed by atoms with Crippen LogP contribution < -0.4 is 15.2 Å². The van der Waals surface area contributed by atoms with Crippen LogP contribution in [0.15, 0.2) is 40.2 Å². The Labute approximate surface area is 119 Å². The lowest BCUT2D eigenvalue weighted by Crippen LogP contribution is -2.29. The van der Waals surface area contributed by atoms with Gasteiger partial charge < -0.3 is 10.1 Å². The molecule has 1 amide bonds. The van der Waals surface area contributed by atoms with E-state index in [0.717, 1.165) is 0 Å². The first-order valence-corrected chi connectivity index (χ1v) is 7.51. The van der Waals surface area contributed by atoms with Crippen molar-refractivity contribution in [1.29, 1.82) is 0 Å². The molecule has 19 heavy (non-hydrogen) atoms. The van der Waals surface area contributed by atoms with E-state index >= 15 is 0 Å². The molecule has 104 valence electrons. The molecule has 0 unspecified atom stereocenters. The van der Waals surface area contributed by atoms with Crippen LogP contribution in [0.2, 0.25) is 0 Å². The van der Waals surface area contributed by atoms with Crippen molar-refractivity contribution in [2.24, 2.45) is 5.14 Å². The summed E-state index contributed by atoms with van der Waals surface area (Å²) in [6, 6.07) is 4.32. The maximum Gasteiger partial charge on any atom is 0.258 e. The predicted octanol–water partition coefficient (Wildman–Crippen LogP) is 0.778. The first-order chi connectivity index (χ1) is 8.84. The van der Waals surface area contributed by atoms with Crippen LogP contribution in [-0.4, -0.2) is 27.5 Å². The van der Waals surface area contributed by atoms with Gasteiger partial charge in [-0.15, -0.1) is 6.58 Å². The van der Waals surface area contributed by atoms with Crippen LogP contribution >= 0.6 is 15.9 Å². The second-order valence-corrected chi connectivity index (χ2v) is 5.96. The van der Waals surface area contributed by atoms with Gasteiger partial charge in [0, 0.05) is 11.0 Å². The molecule has 0 bridgehead atoms. The van der Waals surface area contributed by atoms with Crippen molar-refractivity contribution in [2.75, 3.05) is 13.2 Å². The molecule has 0 saturated carbocycles. The highest BCUT2D eigenvalue weighted by Gasteiger charge is 2.16. The molecule has 1 aromatic rings. The standard InChI is InChI=1S/C11H13BrN2O4S/c1-2-5-14-11(15)7-18-9-4-3-8(12)6-10(9)19(13,16)17/h2-4,6H,1,5,7H2,(H,14,15)(H2,13,16,17). The molecule has 1 rings (SSSR count). The predicted molar refractivity (Wildman–Crippen MR) is 74.2 cm³/mol. The van der Waals surface area contributed by atoms with Gasteiger partial charge in [-0.05, 0) is 18.2 Å². The fourth-order valence-corrected chi connectivity index (χ4v) is 2.42. The lowest BCUT2D eigenvalue weighted by atomic mass is 10.3. The van der Waals surface area contributed by atoms with Gasteiger partial charge in [0.15, 0.2) is 6.61 Å². The van der Waals surface area contributed by atoms with Crippen molar-refractivity contribution in [3.05, 3.63) is 35.3 Å². The molecule has 0 atom stereocenters. The molecule has 0 saturated heterocycles. The van der Waals surface area contributed by atoms with Gasteiger partial charge in [-0.2, -0.15) is 0 Å². The zero-order valence-electron chi connectivity index (χ0n) is 9.93. The first kappa shape index (κ1) is 15.7. The third kappa shape index (κ3) is 5.01. The lowest BCUT2D eigenvalue weighted by molar-refractivity contribution is -0.122. The molecule has 0 heterocycles. The van der Waals surface area contributed by atoms with E-state index in [9.17, 15) is 13.2 Å². The van der Waals surface area contributed by atoms with Gasteiger partial charge in [0.05, 0.1) is 0 Å². The monoisotopic (exact) mass is 348 g/mol. The van der Waals surface area contributed by atoms with Gasteiger partial charge in [-0.3, -0.25) is 4.79 Å². The Morgan fingerprint density at radius 1 is 1.53 bits per heavy atom. The molecule has 0 aliphatic rings.